The number of guanidine groups is 3. The van der Waals surface area contributed by atoms with Gasteiger partial charge >= 0.3 is 5.97 Å². The Balaban J connectivity index is 1.98. The molecule has 1 aliphatic heterocycles. The van der Waals surface area contributed by atoms with Crippen molar-refractivity contribution in [3.63, 3.8) is 0 Å². The predicted octanol–water partition coefficient (Wildman–Crippen LogP) is -4.87. The Bertz CT molecular complexity index is 2630. The van der Waals surface area contributed by atoms with Gasteiger partial charge in [-0.2, -0.15) is 0 Å². The Morgan fingerprint density at radius 1 is 0.655 bits per heavy atom. The summed E-state index contributed by atoms with van der Waals surface area (Å²) in [5.41, 5.74) is 40.5. The van der Waals surface area contributed by atoms with Gasteiger partial charge in [-0.25, -0.2) is 4.79 Å². The minimum absolute atomic E-state index is 0.00721. The molecule has 2 heterocycles. The second kappa shape index (κ2) is 35.0. The van der Waals surface area contributed by atoms with Crippen molar-refractivity contribution in [3.05, 3.63) is 36.0 Å². The number of carboxylic acid groups (broad SMARTS) is 1. The molecule has 0 aliphatic carbocycles. The number of H-pyrrole nitrogens is 1. The van der Waals surface area contributed by atoms with E-state index in [0.717, 1.165) is 4.90 Å². The second-order valence-corrected chi connectivity index (χ2v) is 21.3. The molecule has 25 N–H and O–H groups in total. The molecule has 1 aliphatic rings. The zero-order chi connectivity index (χ0) is 62.8. The highest BCUT2D eigenvalue weighted by molar-refractivity contribution is 5.99. The van der Waals surface area contributed by atoms with Crippen LogP contribution in [0.3, 0.4) is 0 Å². The number of nitrogens with one attached hydrogen (secondary N) is 8. The van der Waals surface area contributed by atoms with Crippen LogP contribution >= 0.6 is 0 Å². The Morgan fingerprint density at radius 2 is 1.12 bits per heavy atom. The van der Waals surface area contributed by atoms with Crippen molar-refractivity contribution in [3.8, 4) is 0 Å². The number of carbonyl (C=O) groups excluding carboxylic acids is 8. The Morgan fingerprint density at radius 3 is 1.61 bits per heavy atom. The van der Waals surface area contributed by atoms with E-state index < -0.39 is 120 Å². The lowest BCUT2D eigenvalue weighted by Gasteiger charge is -2.32. The molecule has 1 fully saturated rings. The zero-order valence-corrected chi connectivity index (χ0v) is 48.5. The third-order valence-corrected chi connectivity index (χ3v) is 14.0. The molecule has 0 saturated carbocycles. The lowest BCUT2D eigenvalue weighted by molar-refractivity contribution is -0.145. The number of benzene rings is 1. The SMILES string of the molecule is CC[C@H](C)[C@H](N)C(=O)N[C@@H](CO)C(=O)N[C@@H](CCCN=C(N)N)C(=O)N[C@H](C(=O)N1CCC[C@H]1C(=O)N[C@@H](CCCN=C(N)N)C(=O)N[C@@H](Cc1c[nH]c2ccccc12)C(=O)N[C@@H](CCCN=C(N)N)C(=O)N[C@@H](CC(C)C)C(=O)O)[C@@H](C)O. The Labute approximate surface area is 487 Å². The standard InChI is InChI=1S/C53H89N19O12/c1-6-28(4)40(54)48(81)70-38(26-73)46(79)66-35(17-11-21-63-53(59)60)44(77)71-41(29(5)74)49(82)72-22-12-18-39(72)47(80)67-34(16-10-20-62-52(57)58)42(75)68-36(24-30-25-64-32-14-8-7-13-31(30)32)45(78)65-33(15-9-19-61-51(55)56)43(76)69-37(50(83)84)23-27(2)3/h7-8,13-14,25,27-29,33-41,64,73-74H,6,9-12,15-24,26,54H2,1-5H3,(H,65,78)(H,66,79)(H,67,80)(H,68,75)(H,69,76)(H,70,81)(H,71,77)(H,83,84)(H4,55,56,61)(H4,57,58,62)(H4,59,60,63)/t28-,29+,33-,34-,35-,36-,37-,38-,39-,40-,41-/m0/s1. The van der Waals surface area contributed by atoms with E-state index in [4.69, 9.17) is 40.1 Å². The predicted molar refractivity (Wildman–Crippen MR) is 313 cm³/mol. The number of nitrogens with zero attached hydrogens (tertiary/aromatic N) is 4. The van der Waals surface area contributed by atoms with Crippen LogP contribution in [0.5, 0.6) is 0 Å². The van der Waals surface area contributed by atoms with Crippen molar-refractivity contribution in [1.29, 1.82) is 0 Å². The van der Waals surface area contributed by atoms with Crippen molar-refractivity contribution < 1.29 is 58.5 Å². The van der Waals surface area contributed by atoms with Crippen LogP contribution in [-0.2, 0) is 49.6 Å². The molecule has 8 amide bonds. The van der Waals surface area contributed by atoms with Gasteiger partial charge in [0.15, 0.2) is 17.9 Å². The van der Waals surface area contributed by atoms with Gasteiger partial charge in [-0.15, -0.1) is 0 Å². The number of likely N-dealkylation sites (tertiary alicyclic amines) is 1. The van der Waals surface area contributed by atoms with Gasteiger partial charge in [0.05, 0.1) is 18.8 Å². The maximum atomic E-state index is 14.7. The summed E-state index contributed by atoms with van der Waals surface area (Å²) in [6.45, 7) is 7.50. The van der Waals surface area contributed by atoms with Gasteiger partial charge in [0, 0.05) is 49.7 Å². The van der Waals surface area contributed by atoms with Gasteiger partial charge in [0.2, 0.25) is 47.3 Å². The molecule has 468 valence electrons. The summed E-state index contributed by atoms with van der Waals surface area (Å²) in [6.07, 6.45) is 0.912. The van der Waals surface area contributed by atoms with Crippen molar-refractivity contribution in [2.45, 2.75) is 166 Å². The number of aliphatic imine (C=N–C) groups is 3. The number of hydrogen-bond acceptors (Lipinski definition) is 15. The molecule has 1 aromatic carbocycles. The first-order valence-electron chi connectivity index (χ1n) is 28.1. The fraction of sp³-hybridized carbons (Fsp3) is 0.623. The van der Waals surface area contributed by atoms with Crippen LogP contribution < -0.4 is 77.4 Å². The van der Waals surface area contributed by atoms with Crippen LogP contribution in [0, 0.1) is 11.8 Å². The van der Waals surface area contributed by atoms with Crippen molar-refractivity contribution in [2.75, 3.05) is 32.8 Å². The van der Waals surface area contributed by atoms with E-state index in [1.54, 1.807) is 51.2 Å². The molecular weight excluding hydrogens is 1090 g/mol. The first-order valence-corrected chi connectivity index (χ1v) is 28.1. The number of carbonyl (C=O) groups is 9. The first kappa shape index (κ1) is 69.9. The summed E-state index contributed by atoms with van der Waals surface area (Å²) >= 11 is 0. The highest BCUT2D eigenvalue weighted by Gasteiger charge is 2.42. The van der Waals surface area contributed by atoms with Crippen LogP contribution in [0.15, 0.2) is 45.4 Å². The van der Waals surface area contributed by atoms with Gasteiger partial charge in [0.25, 0.3) is 0 Å². The number of aliphatic hydroxyl groups is 2. The maximum absolute atomic E-state index is 14.7. The van der Waals surface area contributed by atoms with Gasteiger partial charge < -0.3 is 103 Å². The Kier molecular flexibility index (Phi) is 29.1. The van der Waals surface area contributed by atoms with Gasteiger partial charge in [0.1, 0.15) is 48.3 Å². The molecule has 0 bridgehead atoms. The first-order chi connectivity index (χ1) is 39.7. The number of aromatic amines is 1. The minimum atomic E-state index is -1.71. The minimum Gasteiger partial charge on any atom is -0.480 e. The number of amides is 8. The van der Waals surface area contributed by atoms with Crippen LogP contribution in [0.4, 0.5) is 0 Å². The smallest absolute Gasteiger partial charge is 0.326 e. The summed E-state index contributed by atoms with van der Waals surface area (Å²) in [5, 5.41) is 49.8. The number of rotatable bonds is 36. The summed E-state index contributed by atoms with van der Waals surface area (Å²) in [6, 6.07) is -5.36. The number of hydrogen-bond donors (Lipinski definition) is 18. The topological polar surface area (TPSA) is 537 Å². The molecule has 3 rings (SSSR count). The lowest BCUT2D eigenvalue weighted by atomic mass is 9.99. The van der Waals surface area contributed by atoms with E-state index in [2.05, 4.69) is 57.2 Å². The lowest BCUT2D eigenvalue weighted by Crippen LogP contribution is -2.62. The fourth-order valence-electron chi connectivity index (χ4n) is 9.20. The Hall–Kier alpha value is -8.32. The maximum Gasteiger partial charge on any atom is 0.326 e. The number of para-hydroxylation sites is 1. The molecule has 2 aromatic rings. The fourth-order valence-corrected chi connectivity index (χ4v) is 9.20. The number of carboxylic acids is 1. The van der Waals surface area contributed by atoms with Gasteiger partial charge in [-0.1, -0.05) is 52.3 Å². The van der Waals surface area contributed by atoms with Crippen molar-refractivity contribution >= 4 is 82.0 Å². The van der Waals surface area contributed by atoms with Crippen LogP contribution in [0.2, 0.25) is 0 Å². The molecule has 31 heteroatoms. The number of fused-ring (bicyclic) bond motifs is 1. The highest BCUT2D eigenvalue weighted by Crippen LogP contribution is 2.22. The summed E-state index contributed by atoms with van der Waals surface area (Å²) < 4.78 is 0. The van der Waals surface area contributed by atoms with E-state index in [9.17, 15) is 58.5 Å². The normalized spacial score (nSPS) is 16.6. The van der Waals surface area contributed by atoms with Crippen LogP contribution in [0.1, 0.15) is 104 Å². The van der Waals surface area contributed by atoms with E-state index in [1.165, 1.54) is 6.92 Å². The number of aliphatic carboxylic acids is 1. The number of aliphatic hydroxyl groups excluding tert-OH is 2. The van der Waals surface area contributed by atoms with E-state index in [-0.39, 0.29) is 120 Å². The molecule has 1 aromatic heterocycles. The monoisotopic (exact) mass is 1180 g/mol. The third kappa shape index (κ3) is 22.8. The van der Waals surface area contributed by atoms with Gasteiger partial charge in [-0.3, -0.25) is 53.3 Å². The molecule has 31 nitrogen and oxygen atoms in total. The molecule has 0 spiro atoms. The molecule has 11 atom stereocenters. The van der Waals surface area contributed by atoms with E-state index in [0.29, 0.717) is 22.9 Å². The second-order valence-electron chi connectivity index (χ2n) is 21.3. The molecule has 84 heavy (non-hydrogen) atoms. The largest absolute Gasteiger partial charge is 0.480 e. The molecule has 0 radical (unpaired) electrons. The van der Waals surface area contributed by atoms with Gasteiger partial charge in [-0.05, 0) is 88.2 Å². The van der Waals surface area contributed by atoms with E-state index >= 15 is 0 Å². The zero-order valence-electron chi connectivity index (χ0n) is 48.5. The quantitative estimate of drug-likeness (QED) is 0.0173. The molecule has 1 saturated heterocycles. The van der Waals surface area contributed by atoms with E-state index in [1.807, 2.05) is 6.92 Å². The highest BCUT2D eigenvalue weighted by atomic mass is 16.4. The van der Waals surface area contributed by atoms with Crippen molar-refractivity contribution in [1.82, 2.24) is 47.1 Å². The molecular formula is C53H89N19O12. The van der Waals surface area contributed by atoms with Crippen LogP contribution in [-0.4, -0.2) is 190 Å². The number of aromatic nitrogens is 1. The van der Waals surface area contributed by atoms with Crippen molar-refractivity contribution in [2.24, 2.45) is 66.9 Å². The summed E-state index contributed by atoms with van der Waals surface area (Å²) in [4.78, 5) is 141. The molecule has 0 unspecified atom stereocenters. The van der Waals surface area contributed by atoms with Crippen LogP contribution in [0.25, 0.3) is 10.9 Å². The average Bonchev–Trinajstić information content (AvgIpc) is 4.21. The third-order valence-electron chi connectivity index (χ3n) is 14.0. The summed E-state index contributed by atoms with van der Waals surface area (Å²) in [7, 11) is 0. The summed E-state index contributed by atoms with van der Waals surface area (Å²) in [5.74, 6) is -9.33. The average molecular weight is 1180 g/mol. The number of nitrogens with two attached hydrogens (primary N) is 7.